The van der Waals surface area contributed by atoms with Crippen molar-refractivity contribution in [2.24, 2.45) is 17.8 Å². The van der Waals surface area contributed by atoms with Crippen molar-refractivity contribution in [3.63, 3.8) is 0 Å². The second kappa shape index (κ2) is 6.41. The Morgan fingerprint density at radius 1 is 1.43 bits per heavy atom. The molecule has 0 spiro atoms. The van der Waals surface area contributed by atoms with Crippen molar-refractivity contribution >= 4 is 49.2 Å². The Hall–Kier alpha value is 0.0569. The van der Waals surface area contributed by atoms with Crippen LogP contribution in [0.4, 0.5) is 4.79 Å². The van der Waals surface area contributed by atoms with Gasteiger partial charge in [0, 0.05) is 13.1 Å². The number of carboxylic acid groups (broad SMARTS) is 1. The highest BCUT2D eigenvalue weighted by molar-refractivity contribution is 6.71. The Bertz CT molecular complexity index is 491. The second-order valence-corrected chi connectivity index (χ2v) is 14.3. The lowest BCUT2D eigenvalue weighted by Crippen LogP contribution is -2.55. The third-order valence-corrected chi connectivity index (χ3v) is 6.77. The van der Waals surface area contributed by atoms with Gasteiger partial charge >= 0.3 is 6.09 Å². The van der Waals surface area contributed by atoms with E-state index in [0.29, 0.717) is 25.9 Å². The van der Waals surface area contributed by atoms with Crippen LogP contribution >= 0.6 is 34.8 Å². The van der Waals surface area contributed by atoms with Crippen LogP contribution in [0.5, 0.6) is 0 Å². The van der Waals surface area contributed by atoms with E-state index in [1.54, 1.807) is 0 Å². The largest absolute Gasteiger partial charge is 0.465 e. The number of allylic oxidation sites excluding steroid dienone is 1. The summed E-state index contributed by atoms with van der Waals surface area (Å²) in [4.78, 5) is 12.7. The Balaban J connectivity index is 2.40. The zero-order valence-corrected chi connectivity index (χ0v) is 17.0. The first-order chi connectivity index (χ1) is 10.4. The molecule has 0 radical (unpaired) electrons. The molecule has 0 aromatic rings. The van der Waals surface area contributed by atoms with Gasteiger partial charge in [-0.1, -0.05) is 40.9 Å². The van der Waals surface area contributed by atoms with Crippen LogP contribution in [0.3, 0.4) is 0 Å². The monoisotopic (exact) mass is 399 g/mol. The van der Waals surface area contributed by atoms with Gasteiger partial charge in [-0.3, -0.25) is 0 Å². The van der Waals surface area contributed by atoms with E-state index in [1.165, 1.54) is 4.90 Å². The average molecular weight is 401 g/mol. The molecule has 2 fully saturated rings. The van der Waals surface area contributed by atoms with Gasteiger partial charge < -0.3 is 14.4 Å². The molecule has 1 aliphatic heterocycles. The van der Waals surface area contributed by atoms with E-state index >= 15 is 0 Å². The third-order valence-electron chi connectivity index (χ3n) is 4.83. The molecule has 1 aliphatic carbocycles. The second-order valence-electron chi connectivity index (χ2n) is 7.55. The number of rotatable bonds is 4. The fourth-order valence-electron chi connectivity index (χ4n) is 4.20. The highest BCUT2D eigenvalue weighted by Crippen LogP contribution is 2.60. The Kier molecular flexibility index (Phi) is 5.40. The van der Waals surface area contributed by atoms with E-state index in [9.17, 15) is 9.90 Å². The Morgan fingerprint density at radius 2 is 2.04 bits per heavy atom. The molecule has 4 atom stereocenters. The molecular weight excluding hydrogens is 377 g/mol. The van der Waals surface area contributed by atoms with Gasteiger partial charge in [-0.05, 0) is 50.2 Å². The van der Waals surface area contributed by atoms with Crippen LogP contribution in [0, 0.1) is 17.8 Å². The molecule has 23 heavy (non-hydrogen) atoms. The van der Waals surface area contributed by atoms with E-state index in [2.05, 4.69) is 26.2 Å². The normalized spacial score (nSPS) is 34.5. The molecule has 1 heterocycles. The van der Waals surface area contributed by atoms with Crippen molar-refractivity contribution in [2.75, 3.05) is 13.1 Å². The average Bonchev–Trinajstić information content (AvgIpc) is 2.85. The van der Waals surface area contributed by atoms with Gasteiger partial charge in [-0.25, -0.2) is 4.79 Å². The fraction of sp³-hybridized carbons (Fsp3) is 0.800. The summed E-state index contributed by atoms with van der Waals surface area (Å²) in [5, 5.41) is 9.26. The van der Waals surface area contributed by atoms with Gasteiger partial charge in [0.15, 0.2) is 8.32 Å². The number of carbonyl (C=O) groups is 1. The van der Waals surface area contributed by atoms with E-state index < -0.39 is 23.8 Å². The number of nitrogens with zero attached hydrogens (tertiary/aromatic N) is 1. The van der Waals surface area contributed by atoms with Gasteiger partial charge in [-0.15, -0.1) is 6.58 Å². The highest BCUT2D eigenvalue weighted by atomic mass is 35.6. The fourth-order valence-corrected chi connectivity index (χ4v) is 6.65. The van der Waals surface area contributed by atoms with Crippen molar-refractivity contribution in [2.45, 2.75) is 41.9 Å². The summed E-state index contributed by atoms with van der Waals surface area (Å²) >= 11 is 19.2. The Labute approximate surface area is 153 Å². The van der Waals surface area contributed by atoms with E-state index in [1.807, 2.05) is 6.08 Å². The lowest BCUT2D eigenvalue weighted by molar-refractivity contribution is 0.00965. The van der Waals surface area contributed by atoms with Crippen LogP contribution in [-0.4, -0.2) is 46.9 Å². The molecule has 8 heteroatoms. The van der Waals surface area contributed by atoms with Crippen molar-refractivity contribution in [1.29, 1.82) is 0 Å². The molecule has 1 unspecified atom stereocenters. The summed E-state index contributed by atoms with van der Waals surface area (Å²) in [5.41, 5.74) is -0.879. The van der Waals surface area contributed by atoms with Gasteiger partial charge in [0.25, 0.3) is 0 Å². The summed E-state index contributed by atoms with van der Waals surface area (Å²) in [6, 6.07) is 0. The molecule has 0 bridgehead atoms. The van der Waals surface area contributed by atoms with Crippen LogP contribution < -0.4 is 0 Å². The summed E-state index contributed by atoms with van der Waals surface area (Å²) < 4.78 is 4.92. The third kappa shape index (κ3) is 3.69. The minimum absolute atomic E-state index is 0.0476. The summed E-state index contributed by atoms with van der Waals surface area (Å²) in [6.45, 7) is 11.0. The minimum atomic E-state index is -1.98. The first kappa shape index (κ1) is 19.4. The Morgan fingerprint density at radius 3 is 2.48 bits per heavy atom. The summed E-state index contributed by atoms with van der Waals surface area (Å²) in [7, 11) is -1.98. The van der Waals surface area contributed by atoms with Crippen LogP contribution in [-0.2, 0) is 4.43 Å². The minimum Gasteiger partial charge on any atom is -0.465 e. The standard InChI is InChI=1S/C15H24Cl3NO3Si/c1-5-6-12-11-9-19(13(20)21)8-10(11)7-14(12,15(16,17)18)22-23(2,3)4/h5,10-12H,1,6-9H2,2-4H3,(H,20,21)/t10-,11+,12-,14?/m0/s1. The topological polar surface area (TPSA) is 49.8 Å². The van der Waals surface area contributed by atoms with Gasteiger partial charge in [-0.2, -0.15) is 0 Å². The molecular formula is C15H24Cl3NO3Si. The zero-order chi connectivity index (χ0) is 17.6. The number of alkyl halides is 3. The van der Waals surface area contributed by atoms with Crippen LogP contribution in [0.15, 0.2) is 12.7 Å². The maximum Gasteiger partial charge on any atom is 0.407 e. The lowest BCUT2D eigenvalue weighted by atomic mass is 9.83. The molecule has 1 saturated heterocycles. The molecule has 132 valence electrons. The molecule has 1 N–H and O–H groups in total. The molecule has 1 amide bonds. The molecule has 0 aromatic carbocycles. The molecule has 4 nitrogen and oxygen atoms in total. The number of hydrogen-bond donors (Lipinski definition) is 1. The SMILES string of the molecule is C=CC[C@H]1[C@@H]2CN(C(=O)O)C[C@@H]2CC1(O[Si](C)(C)C)C(Cl)(Cl)Cl. The van der Waals surface area contributed by atoms with E-state index in [4.69, 9.17) is 39.2 Å². The molecule has 2 rings (SSSR count). The van der Waals surface area contributed by atoms with E-state index in [-0.39, 0.29) is 17.8 Å². The number of likely N-dealkylation sites (tertiary alicyclic amines) is 1. The number of halogens is 3. The van der Waals surface area contributed by atoms with Gasteiger partial charge in [0.05, 0.1) is 0 Å². The zero-order valence-electron chi connectivity index (χ0n) is 13.7. The highest BCUT2D eigenvalue weighted by Gasteiger charge is 2.65. The number of hydrogen-bond acceptors (Lipinski definition) is 2. The first-order valence-corrected chi connectivity index (χ1v) is 12.3. The smallest absolute Gasteiger partial charge is 0.407 e. The van der Waals surface area contributed by atoms with Gasteiger partial charge in [0.2, 0.25) is 3.79 Å². The van der Waals surface area contributed by atoms with Crippen molar-refractivity contribution < 1.29 is 14.3 Å². The maximum atomic E-state index is 11.3. The summed E-state index contributed by atoms with van der Waals surface area (Å²) in [5.74, 6) is 0.243. The van der Waals surface area contributed by atoms with Crippen LogP contribution in [0.2, 0.25) is 19.6 Å². The lowest BCUT2D eigenvalue weighted by Gasteiger charge is -2.46. The summed E-state index contributed by atoms with van der Waals surface area (Å²) in [6.07, 6.45) is 2.14. The van der Waals surface area contributed by atoms with Crippen LogP contribution in [0.1, 0.15) is 12.8 Å². The van der Waals surface area contributed by atoms with Crippen molar-refractivity contribution in [3.05, 3.63) is 12.7 Å². The number of amides is 1. The first-order valence-electron chi connectivity index (χ1n) is 7.77. The predicted molar refractivity (Wildman–Crippen MR) is 97.0 cm³/mol. The van der Waals surface area contributed by atoms with Gasteiger partial charge in [0.1, 0.15) is 5.60 Å². The number of fused-ring (bicyclic) bond motifs is 1. The van der Waals surface area contributed by atoms with Crippen molar-refractivity contribution in [1.82, 2.24) is 4.90 Å². The van der Waals surface area contributed by atoms with E-state index in [0.717, 1.165) is 0 Å². The quantitative estimate of drug-likeness (QED) is 0.420. The molecule has 0 aromatic heterocycles. The maximum absolute atomic E-state index is 11.3. The molecule has 1 saturated carbocycles. The molecule has 2 aliphatic rings. The predicted octanol–water partition coefficient (Wildman–Crippen LogP) is 4.77. The van der Waals surface area contributed by atoms with Crippen molar-refractivity contribution in [3.8, 4) is 0 Å². The van der Waals surface area contributed by atoms with Crippen LogP contribution in [0.25, 0.3) is 0 Å².